The van der Waals surface area contributed by atoms with Crippen LogP contribution < -0.4 is 11.1 Å². The van der Waals surface area contributed by atoms with Gasteiger partial charge in [0.2, 0.25) is 11.8 Å². The Kier molecular flexibility index (Phi) is 7.33. The van der Waals surface area contributed by atoms with Gasteiger partial charge in [0.15, 0.2) is 14.6 Å². The van der Waals surface area contributed by atoms with Gasteiger partial charge in [0, 0.05) is 18.8 Å². The summed E-state index contributed by atoms with van der Waals surface area (Å²) >= 11 is 0. The number of nitrogens with two attached hydrogens (primary N) is 1. The zero-order valence-electron chi connectivity index (χ0n) is 20.5. The number of benzene rings is 2. The maximum Gasteiger partial charge on any atom is 0.246 e. The number of aryl methyl sites for hydroxylation is 2. The van der Waals surface area contributed by atoms with Crippen molar-refractivity contribution in [2.75, 3.05) is 18.4 Å². The number of likely N-dealkylation sites (tertiary alicyclic amines) is 1. The third-order valence-corrected chi connectivity index (χ3v) is 10.1. The molecule has 3 N–H and O–H groups in total. The lowest BCUT2D eigenvalue weighted by atomic mass is 9.97. The van der Waals surface area contributed by atoms with E-state index in [2.05, 4.69) is 10.2 Å². The molecule has 35 heavy (non-hydrogen) atoms. The summed E-state index contributed by atoms with van der Waals surface area (Å²) < 4.78 is 26.2. The highest BCUT2D eigenvalue weighted by molar-refractivity contribution is 7.93. The fourth-order valence-electron chi connectivity index (χ4n) is 5.40. The number of anilines is 1. The van der Waals surface area contributed by atoms with Gasteiger partial charge < -0.3 is 11.1 Å². The van der Waals surface area contributed by atoms with Crippen molar-refractivity contribution in [3.05, 3.63) is 59.2 Å². The van der Waals surface area contributed by atoms with Gasteiger partial charge in [0.05, 0.1) is 10.8 Å². The number of sulfone groups is 1. The van der Waals surface area contributed by atoms with Crippen LogP contribution in [-0.2, 0) is 26.0 Å². The molecule has 0 bridgehead atoms. The standard InChI is InChI=1S/C27H35N3O4S/c1-19-7-8-20(2)24(16-19)35(33,34)27(13-3-4-14-27)26(32)29-23-11-9-21(10-12-23)17-30-15-5-6-22(18-30)25(28)31/h7-12,16,22H,3-6,13-15,17-18H2,1-2H3,(H2,28,31)(H,29,32)/t22-/m0/s1. The molecule has 0 spiro atoms. The first kappa shape index (κ1) is 25.4. The fourth-order valence-corrected chi connectivity index (χ4v) is 7.77. The predicted molar refractivity (Wildman–Crippen MR) is 137 cm³/mol. The van der Waals surface area contributed by atoms with E-state index in [1.807, 2.05) is 37.3 Å². The maximum atomic E-state index is 13.8. The van der Waals surface area contributed by atoms with E-state index in [0.717, 1.165) is 30.5 Å². The zero-order valence-corrected chi connectivity index (χ0v) is 21.4. The van der Waals surface area contributed by atoms with Gasteiger partial charge in [-0.05, 0) is 81.0 Å². The average Bonchev–Trinajstić information content (AvgIpc) is 3.34. The third kappa shape index (κ3) is 5.14. The van der Waals surface area contributed by atoms with E-state index in [9.17, 15) is 18.0 Å². The quantitative estimate of drug-likeness (QED) is 0.606. The molecule has 0 radical (unpaired) electrons. The number of piperidine rings is 1. The van der Waals surface area contributed by atoms with Crippen LogP contribution in [0, 0.1) is 19.8 Å². The topological polar surface area (TPSA) is 110 Å². The molecule has 1 aliphatic heterocycles. The van der Waals surface area contributed by atoms with Crippen LogP contribution in [-0.4, -0.2) is 43.0 Å². The number of amides is 2. The van der Waals surface area contributed by atoms with Crippen molar-refractivity contribution in [1.29, 1.82) is 0 Å². The molecule has 2 fully saturated rings. The summed E-state index contributed by atoms with van der Waals surface area (Å²) in [6.07, 6.45) is 3.84. The largest absolute Gasteiger partial charge is 0.369 e. The molecule has 1 saturated carbocycles. The summed E-state index contributed by atoms with van der Waals surface area (Å²) in [5, 5.41) is 2.89. The summed E-state index contributed by atoms with van der Waals surface area (Å²) in [5.74, 6) is -0.808. The minimum Gasteiger partial charge on any atom is -0.369 e. The molecule has 1 atom stereocenters. The summed E-state index contributed by atoms with van der Waals surface area (Å²) in [5.41, 5.74) is 8.64. The van der Waals surface area contributed by atoms with Gasteiger partial charge in [-0.3, -0.25) is 14.5 Å². The van der Waals surface area contributed by atoms with Crippen molar-refractivity contribution in [2.24, 2.45) is 11.7 Å². The van der Waals surface area contributed by atoms with E-state index in [1.165, 1.54) is 0 Å². The Labute approximate surface area is 208 Å². The third-order valence-electron chi connectivity index (χ3n) is 7.50. The summed E-state index contributed by atoms with van der Waals surface area (Å²) in [6.45, 7) is 5.91. The van der Waals surface area contributed by atoms with E-state index in [4.69, 9.17) is 5.73 Å². The fraction of sp³-hybridized carbons (Fsp3) is 0.481. The Morgan fingerprint density at radius 3 is 2.40 bits per heavy atom. The first-order valence-corrected chi connectivity index (χ1v) is 13.8. The normalized spacial score (nSPS) is 20.5. The highest BCUT2D eigenvalue weighted by atomic mass is 32.2. The Balaban J connectivity index is 1.50. The lowest BCUT2D eigenvalue weighted by Crippen LogP contribution is -2.47. The Hall–Kier alpha value is -2.71. The molecule has 188 valence electrons. The maximum absolute atomic E-state index is 13.8. The van der Waals surface area contributed by atoms with Crippen molar-refractivity contribution in [2.45, 2.75) is 68.6 Å². The molecule has 7 nitrogen and oxygen atoms in total. The molecule has 0 aromatic heterocycles. The van der Waals surface area contributed by atoms with E-state index in [0.29, 0.717) is 50.0 Å². The van der Waals surface area contributed by atoms with Crippen LogP contribution in [0.15, 0.2) is 47.4 Å². The van der Waals surface area contributed by atoms with Crippen molar-refractivity contribution >= 4 is 27.3 Å². The van der Waals surface area contributed by atoms with Crippen LogP contribution in [0.1, 0.15) is 55.2 Å². The number of nitrogens with zero attached hydrogens (tertiary/aromatic N) is 1. The number of carbonyl (C=O) groups excluding carboxylic acids is 2. The van der Waals surface area contributed by atoms with Gasteiger partial charge in [0.1, 0.15) is 0 Å². The van der Waals surface area contributed by atoms with Crippen molar-refractivity contribution in [3.8, 4) is 0 Å². The number of hydrogen-bond acceptors (Lipinski definition) is 5. The molecule has 2 aliphatic rings. The first-order chi connectivity index (χ1) is 16.6. The average molecular weight is 498 g/mol. The Morgan fingerprint density at radius 1 is 1.06 bits per heavy atom. The lowest BCUT2D eigenvalue weighted by molar-refractivity contribution is -0.123. The molecular weight excluding hydrogens is 462 g/mol. The van der Waals surface area contributed by atoms with Gasteiger partial charge in [0.25, 0.3) is 0 Å². The molecule has 1 heterocycles. The highest BCUT2D eigenvalue weighted by Crippen LogP contribution is 2.42. The molecular formula is C27H35N3O4S. The SMILES string of the molecule is Cc1ccc(C)c(S(=O)(=O)C2(C(=O)Nc3ccc(CN4CCC[C@H](C(N)=O)C4)cc3)CCCC2)c1. The second-order valence-corrected chi connectivity index (χ2v) is 12.3. The van der Waals surface area contributed by atoms with Crippen LogP contribution in [0.3, 0.4) is 0 Å². The monoisotopic (exact) mass is 497 g/mol. The van der Waals surface area contributed by atoms with Gasteiger partial charge >= 0.3 is 0 Å². The van der Waals surface area contributed by atoms with E-state index >= 15 is 0 Å². The lowest BCUT2D eigenvalue weighted by Gasteiger charge is -2.31. The molecule has 2 amide bonds. The molecule has 2 aromatic rings. The van der Waals surface area contributed by atoms with Gasteiger partial charge in [-0.25, -0.2) is 8.42 Å². The van der Waals surface area contributed by atoms with Crippen molar-refractivity contribution in [1.82, 2.24) is 4.90 Å². The van der Waals surface area contributed by atoms with Gasteiger partial charge in [-0.15, -0.1) is 0 Å². The van der Waals surface area contributed by atoms with E-state index < -0.39 is 20.5 Å². The number of rotatable bonds is 7. The van der Waals surface area contributed by atoms with Crippen LogP contribution in [0.5, 0.6) is 0 Å². The predicted octanol–water partition coefficient (Wildman–Crippen LogP) is 3.73. The molecule has 4 rings (SSSR count). The van der Waals surface area contributed by atoms with Crippen LogP contribution in [0.4, 0.5) is 5.69 Å². The van der Waals surface area contributed by atoms with E-state index in [-0.39, 0.29) is 16.7 Å². The number of nitrogens with one attached hydrogen (secondary N) is 1. The molecule has 0 unspecified atom stereocenters. The number of carbonyl (C=O) groups is 2. The summed E-state index contributed by atoms with van der Waals surface area (Å²) in [7, 11) is -3.87. The first-order valence-electron chi connectivity index (χ1n) is 12.4. The minimum atomic E-state index is -3.87. The summed E-state index contributed by atoms with van der Waals surface area (Å²) in [4.78, 5) is 27.5. The Bertz CT molecular complexity index is 1200. The van der Waals surface area contributed by atoms with Gasteiger partial charge in [-0.2, -0.15) is 0 Å². The van der Waals surface area contributed by atoms with Crippen molar-refractivity contribution < 1.29 is 18.0 Å². The summed E-state index contributed by atoms with van der Waals surface area (Å²) in [6, 6.07) is 12.9. The van der Waals surface area contributed by atoms with Gasteiger partial charge in [-0.1, -0.05) is 37.1 Å². The van der Waals surface area contributed by atoms with E-state index in [1.54, 1.807) is 19.1 Å². The molecule has 1 aliphatic carbocycles. The second kappa shape index (κ2) is 10.1. The smallest absolute Gasteiger partial charge is 0.246 e. The number of primary amides is 1. The van der Waals surface area contributed by atoms with Crippen LogP contribution in [0.25, 0.3) is 0 Å². The minimum absolute atomic E-state index is 0.107. The van der Waals surface area contributed by atoms with Crippen molar-refractivity contribution in [3.63, 3.8) is 0 Å². The second-order valence-electron chi connectivity index (χ2n) is 10.1. The molecule has 2 aromatic carbocycles. The molecule has 1 saturated heterocycles. The highest BCUT2D eigenvalue weighted by Gasteiger charge is 2.53. The molecule has 8 heteroatoms. The van der Waals surface area contributed by atoms with Crippen LogP contribution in [0.2, 0.25) is 0 Å². The zero-order chi connectivity index (χ0) is 25.2. The number of hydrogen-bond donors (Lipinski definition) is 2. The Morgan fingerprint density at radius 2 is 1.74 bits per heavy atom. The van der Waals surface area contributed by atoms with Crippen LogP contribution >= 0.6 is 0 Å².